The van der Waals surface area contributed by atoms with Gasteiger partial charge >= 0.3 is 0 Å². The lowest BCUT2D eigenvalue weighted by atomic mass is 9.98. The Kier molecular flexibility index (Phi) is 6.85. The van der Waals surface area contributed by atoms with Gasteiger partial charge in [0.2, 0.25) is 0 Å². The fraction of sp³-hybridized carbons (Fsp3) is 0.290. The third-order valence-corrected chi connectivity index (χ3v) is 8.41. The van der Waals surface area contributed by atoms with Gasteiger partial charge < -0.3 is 19.7 Å². The normalized spacial score (nSPS) is 20.1. The van der Waals surface area contributed by atoms with Gasteiger partial charge in [-0.05, 0) is 98.1 Å². The molecule has 38 heavy (non-hydrogen) atoms. The lowest BCUT2D eigenvalue weighted by molar-refractivity contribution is 0.438. The summed E-state index contributed by atoms with van der Waals surface area (Å²) in [6.45, 7) is 6.53. The van der Waals surface area contributed by atoms with Gasteiger partial charge in [0.25, 0.3) is 0 Å². The van der Waals surface area contributed by atoms with Crippen LogP contribution in [0.25, 0.3) is 5.69 Å². The van der Waals surface area contributed by atoms with E-state index in [9.17, 15) is 0 Å². The molecule has 194 valence electrons. The molecule has 0 saturated carbocycles. The number of piperidine rings is 1. The number of pyridine rings is 1. The van der Waals surface area contributed by atoms with Gasteiger partial charge in [-0.15, -0.1) is 0 Å². The molecule has 2 fully saturated rings. The molecule has 2 aromatic heterocycles. The summed E-state index contributed by atoms with van der Waals surface area (Å²) in [5.74, 6) is 0.770. The van der Waals surface area contributed by atoms with Crippen LogP contribution in [0.5, 0.6) is 0 Å². The maximum atomic E-state index is 6.95. The molecule has 0 unspecified atom stereocenters. The van der Waals surface area contributed by atoms with Crippen LogP contribution < -0.4 is 15.1 Å². The molecule has 0 bridgehead atoms. The molecule has 4 heterocycles. The minimum Gasteiger partial charge on any atom is -0.370 e. The number of rotatable bonds is 5. The highest BCUT2D eigenvalue weighted by atomic mass is 35.5. The molecule has 5 nitrogen and oxygen atoms in total. The summed E-state index contributed by atoms with van der Waals surface area (Å²) in [5.41, 5.74) is 6.49. The summed E-state index contributed by atoms with van der Waals surface area (Å²) >= 11 is 12.9. The van der Waals surface area contributed by atoms with Crippen LogP contribution in [-0.4, -0.2) is 27.8 Å². The Labute approximate surface area is 235 Å². The van der Waals surface area contributed by atoms with Gasteiger partial charge in [0.15, 0.2) is 5.11 Å². The summed E-state index contributed by atoms with van der Waals surface area (Å²) in [6.07, 6.45) is 6.35. The Morgan fingerprint density at radius 1 is 0.947 bits per heavy atom. The van der Waals surface area contributed by atoms with Crippen molar-refractivity contribution in [2.24, 2.45) is 5.92 Å². The Morgan fingerprint density at radius 2 is 1.79 bits per heavy atom. The van der Waals surface area contributed by atoms with Gasteiger partial charge in [0.1, 0.15) is 6.04 Å². The molecule has 2 saturated heterocycles. The maximum absolute atomic E-state index is 6.95. The molecule has 1 N–H and O–H groups in total. The topological polar surface area (TPSA) is 36.3 Å². The molecule has 4 aromatic rings. The van der Waals surface area contributed by atoms with E-state index in [2.05, 4.69) is 100 Å². The Morgan fingerprint density at radius 3 is 2.53 bits per heavy atom. The number of hydrogen-bond acceptors (Lipinski definition) is 3. The van der Waals surface area contributed by atoms with E-state index in [4.69, 9.17) is 28.8 Å². The van der Waals surface area contributed by atoms with Crippen molar-refractivity contribution in [1.29, 1.82) is 0 Å². The van der Waals surface area contributed by atoms with Crippen LogP contribution in [0.4, 0.5) is 11.4 Å². The Hall–Kier alpha value is -3.35. The van der Waals surface area contributed by atoms with Gasteiger partial charge in [0, 0.05) is 42.6 Å². The van der Waals surface area contributed by atoms with Gasteiger partial charge in [-0.3, -0.25) is 4.98 Å². The van der Waals surface area contributed by atoms with Crippen molar-refractivity contribution in [3.05, 3.63) is 107 Å². The van der Waals surface area contributed by atoms with Crippen LogP contribution >= 0.6 is 23.8 Å². The van der Waals surface area contributed by atoms with Crippen LogP contribution in [-0.2, 0) is 0 Å². The monoisotopic (exact) mass is 541 g/mol. The highest BCUT2D eigenvalue weighted by molar-refractivity contribution is 7.80. The van der Waals surface area contributed by atoms with Crippen LogP contribution in [0.3, 0.4) is 0 Å². The van der Waals surface area contributed by atoms with Crippen molar-refractivity contribution < 1.29 is 0 Å². The zero-order valence-corrected chi connectivity index (χ0v) is 23.3. The van der Waals surface area contributed by atoms with Gasteiger partial charge in [-0.1, -0.05) is 36.7 Å². The Balaban J connectivity index is 1.42. The van der Waals surface area contributed by atoms with Crippen molar-refractivity contribution in [2.75, 3.05) is 22.9 Å². The summed E-state index contributed by atoms with van der Waals surface area (Å²) < 4.78 is 2.25. The predicted molar refractivity (Wildman–Crippen MR) is 161 cm³/mol. The van der Waals surface area contributed by atoms with E-state index in [1.165, 1.54) is 18.4 Å². The number of aromatic nitrogens is 2. The fourth-order valence-electron chi connectivity index (χ4n) is 5.73. The van der Waals surface area contributed by atoms with Gasteiger partial charge in [0.05, 0.1) is 22.4 Å². The van der Waals surface area contributed by atoms with E-state index in [1.54, 1.807) is 0 Å². The molecule has 2 aliphatic heterocycles. The second-order valence-electron chi connectivity index (χ2n) is 10.4. The molecular weight excluding hydrogens is 510 g/mol. The lowest BCUT2D eigenvalue weighted by Crippen LogP contribution is -2.33. The first-order valence-electron chi connectivity index (χ1n) is 13.3. The number of hydrogen-bond donors (Lipinski definition) is 1. The number of thiocarbonyl (C=S) groups is 1. The molecule has 0 aliphatic carbocycles. The van der Waals surface area contributed by atoms with Gasteiger partial charge in [-0.25, -0.2) is 0 Å². The molecule has 2 atom stereocenters. The third-order valence-electron chi connectivity index (χ3n) is 7.80. The maximum Gasteiger partial charge on any atom is 0.174 e. The van der Waals surface area contributed by atoms with Crippen molar-refractivity contribution >= 4 is 40.3 Å². The van der Waals surface area contributed by atoms with Crippen LogP contribution in [0.15, 0.2) is 85.2 Å². The quantitative estimate of drug-likeness (QED) is 0.269. The van der Waals surface area contributed by atoms with E-state index < -0.39 is 0 Å². The van der Waals surface area contributed by atoms with E-state index in [0.29, 0.717) is 5.11 Å². The standard InChI is InChI=1S/C31H32ClN5S/c1-21-13-17-35(18-14-21)27-12-11-24(20-25(27)32)37-30(29(34-31(37)38)26-9-3-4-15-33-26)28-10-6-16-36(28)23-8-5-7-22(2)19-23/h3-12,15-16,19-21,29-30H,13-14,17-18H2,1-2H3,(H,34,38)/t29-,30+/m0/s1. The second-order valence-corrected chi connectivity index (χ2v) is 11.2. The number of benzene rings is 2. The minimum atomic E-state index is -0.121. The molecule has 7 heteroatoms. The highest BCUT2D eigenvalue weighted by Crippen LogP contribution is 2.44. The van der Waals surface area contributed by atoms with Crippen molar-refractivity contribution in [3.8, 4) is 5.69 Å². The minimum absolute atomic E-state index is 0.120. The smallest absolute Gasteiger partial charge is 0.174 e. The van der Waals surface area contributed by atoms with Crippen LogP contribution in [0, 0.1) is 12.8 Å². The third kappa shape index (κ3) is 4.67. The van der Waals surface area contributed by atoms with E-state index in [0.717, 1.165) is 52.5 Å². The van der Waals surface area contributed by atoms with E-state index in [1.807, 2.05) is 18.3 Å². The lowest BCUT2D eigenvalue weighted by Gasteiger charge is -2.33. The molecule has 0 amide bonds. The first-order valence-corrected chi connectivity index (χ1v) is 14.1. The first kappa shape index (κ1) is 25.0. The summed E-state index contributed by atoms with van der Waals surface area (Å²) in [7, 11) is 0. The van der Waals surface area contributed by atoms with Crippen LogP contribution in [0.1, 0.15) is 48.8 Å². The zero-order chi connectivity index (χ0) is 26.2. The zero-order valence-electron chi connectivity index (χ0n) is 21.7. The number of aryl methyl sites for hydroxylation is 1. The largest absolute Gasteiger partial charge is 0.370 e. The molecule has 0 radical (unpaired) electrons. The van der Waals surface area contributed by atoms with Crippen molar-refractivity contribution in [1.82, 2.24) is 14.9 Å². The van der Waals surface area contributed by atoms with E-state index >= 15 is 0 Å². The van der Waals surface area contributed by atoms with Crippen molar-refractivity contribution in [2.45, 2.75) is 38.8 Å². The predicted octanol–water partition coefficient (Wildman–Crippen LogP) is 7.25. The summed E-state index contributed by atoms with van der Waals surface area (Å²) in [4.78, 5) is 9.31. The molecule has 2 aromatic carbocycles. The average Bonchev–Trinajstić information content (AvgIpc) is 3.54. The number of anilines is 2. The Bertz CT molecular complexity index is 1440. The number of nitrogens with one attached hydrogen (secondary N) is 1. The summed E-state index contributed by atoms with van der Waals surface area (Å²) in [5, 5.41) is 5.00. The molecular formula is C31H32ClN5S. The highest BCUT2D eigenvalue weighted by Gasteiger charge is 2.42. The number of nitrogens with zero attached hydrogens (tertiary/aromatic N) is 4. The van der Waals surface area contributed by atoms with Gasteiger partial charge in [-0.2, -0.15) is 0 Å². The number of halogens is 1. The molecule has 6 rings (SSSR count). The van der Waals surface area contributed by atoms with Crippen molar-refractivity contribution in [3.63, 3.8) is 0 Å². The average molecular weight is 542 g/mol. The summed E-state index contributed by atoms with van der Waals surface area (Å²) in [6, 6.07) is 25.0. The molecule has 0 spiro atoms. The second kappa shape index (κ2) is 10.4. The SMILES string of the molecule is Cc1cccc(-n2cccc2[C@@H]2[C@H](c3ccccn3)NC(=S)N2c2ccc(N3CCC(C)CC3)c(Cl)c2)c1. The van der Waals surface area contributed by atoms with Crippen LogP contribution in [0.2, 0.25) is 5.02 Å². The fourth-order valence-corrected chi connectivity index (χ4v) is 6.37. The molecule has 2 aliphatic rings. The van der Waals surface area contributed by atoms with E-state index in [-0.39, 0.29) is 12.1 Å². The first-order chi connectivity index (χ1) is 18.5.